The minimum atomic E-state index is -0.356. The second-order valence-corrected chi connectivity index (χ2v) is 8.53. The first-order chi connectivity index (χ1) is 16.1. The molecule has 0 aromatic rings. The minimum absolute atomic E-state index is 0.00808. The van der Waals surface area contributed by atoms with Crippen LogP contribution < -0.4 is 0 Å². The SMILES string of the molecule is CCCCCCCCCCCCCCOC.CCCOCCOCCOC(=O)CCC(C)=O. The van der Waals surface area contributed by atoms with Gasteiger partial charge in [0.1, 0.15) is 12.4 Å². The maximum atomic E-state index is 11.1. The van der Waals surface area contributed by atoms with E-state index in [2.05, 4.69) is 6.92 Å². The van der Waals surface area contributed by atoms with Gasteiger partial charge in [-0.15, -0.1) is 0 Å². The van der Waals surface area contributed by atoms with E-state index in [0.717, 1.165) is 19.6 Å². The van der Waals surface area contributed by atoms with Crippen LogP contribution >= 0.6 is 0 Å². The van der Waals surface area contributed by atoms with Crippen molar-refractivity contribution in [1.82, 2.24) is 0 Å². The zero-order chi connectivity index (χ0) is 24.8. The van der Waals surface area contributed by atoms with Crippen LogP contribution in [0, 0.1) is 0 Å². The lowest BCUT2D eigenvalue weighted by Gasteiger charge is -2.06. The van der Waals surface area contributed by atoms with Gasteiger partial charge in [-0.05, 0) is 19.8 Å². The number of rotatable bonds is 24. The smallest absolute Gasteiger partial charge is 0.306 e. The fourth-order valence-corrected chi connectivity index (χ4v) is 3.12. The Bertz CT molecular complexity index is 386. The van der Waals surface area contributed by atoms with Gasteiger partial charge in [-0.3, -0.25) is 4.79 Å². The average Bonchev–Trinajstić information content (AvgIpc) is 2.80. The molecule has 0 amide bonds. The molecule has 198 valence electrons. The van der Waals surface area contributed by atoms with Crippen molar-refractivity contribution in [1.29, 1.82) is 0 Å². The molecule has 0 fully saturated rings. The van der Waals surface area contributed by atoms with Crippen molar-refractivity contribution in [3.8, 4) is 0 Å². The molecular formula is C27H54O6. The van der Waals surface area contributed by atoms with Crippen molar-refractivity contribution < 1.29 is 28.5 Å². The van der Waals surface area contributed by atoms with Crippen molar-refractivity contribution in [2.75, 3.05) is 46.8 Å². The van der Waals surface area contributed by atoms with Crippen LogP contribution in [0.2, 0.25) is 0 Å². The molecule has 0 saturated heterocycles. The molecule has 0 spiro atoms. The molecule has 0 aromatic carbocycles. The Morgan fingerprint density at radius 2 is 1.03 bits per heavy atom. The van der Waals surface area contributed by atoms with Gasteiger partial charge in [-0.25, -0.2) is 0 Å². The lowest BCUT2D eigenvalue weighted by atomic mass is 10.1. The summed E-state index contributed by atoms with van der Waals surface area (Å²) in [6.45, 7) is 9.11. The molecule has 0 radical (unpaired) electrons. The summed E-state index contributed by atoms with van der Waals surface area (Å²) < 4.78 is 20.3. The van der Waals surface area contributed by atoms with E-state index in [4.69, 9.17) is 18.9 Å². The Kier molecular flexibility index (Phi) is 32.1. The van der Waals surface area contributed by atoms with Gasteiger partial charge < -0.3 is 23.7 Å². The summed E-state index contributed by atoms with van der Waals surface area (Å²) >= 11 is 0. The highest BCUT2D eigenvalue weighted by atomic mass is 16.6. The van der Waals surface area contributed by atoms with Crippen LogP contribution in [-0.2, 0) is 28.5 Å². The maximum absolute atomic E-state index is 11.1. The quantitative estimate of drug-likeness (QED) is 0.115. The third kappa shape index (κ3) is 35.8. The molecule has 33 heavy (non-hydrogen) atoms. The standard InChI is InChI=1S/C15H32O.C12H22O5/c1-3-4-5-6-7-8-9-10-11-12-13-14-15-16-2;1-3-6-15-7-8-16-9-10-17-12(14)5-4-11(2)13/h3-15H2,1-2H3;3-10H2,1-2H3. The van der Waals surface area contributed by atoms with E-state index in [-0.39, 0.29) is 31.2 Å². The Morgan fingerprint density at radius 1 is 0.545 bits per heavy atom. The number of carbonyl (C=O) groups is 2. The number of esters is 1. The van der Waals surface area contributed by atoms with E-state index < -0.39 is 0 Å². The molecule has 0 aliphatic heterocycles. The first kappa shape index (κ1) is 34.2. The number of hydrogen-bond donors (Lipinski definition) is 0. The molecule has 0 saturated carbocycles. The third-order valence-electron chi connectivity index (χ3n) is 5.09. The number of unbranched alkanes of at least 4 members (excludes halogenated alkanes) is 11. The van der Waals surface area contributed by atoms with Crippen LogP contribution in [-0.4, -0.2) is 58.5 Å². The van der Waals surface area contributed by atoms with Gasteiger partial charge in [0, 0.05) is 26.7 Å². The van der Waals surface area contributed by atoms with Crippen molar-refractivity contribution in [2.24, 2.45) is 0 Å². The topological polar surface area (TPSA) is 71.1 Å². The second kappa shape index (κ2) is 31.0. The molecule has 0 heterocycles. The van der Waals surface area contributed by atoms with Crippen LogP contribution in [0.5, 0.6) is 0 Å². The number of methoxy groups -OCH3 is 1. The largest absolute Gasteiger partial charge is 0.463 e. The van der Waals surface area contributed by atoms with Gasteiger partial charge in [-0.2, -0.15) is 0 Å². The first-order valence-corrected chi connectivity index (χ1v) is 13.4. The molecule has 0 unspecified atom stereocenters. The lowest BCUT2D eigenvalue weighted by Crippen LogP contribution is -2.13. The lowest BCUT2D eigenvalue weighted by molar-refractivity contribution is -0.146. The highest BCUT2D eigenvalue weighted by Gasteiger charge is 2.04. The highest BCUT2D eigenvalue weighted by molar-refractivity contribution is 5.80. The number of ketones is 1. The Balaban J connectivity index is 0. The van der Waals surface area contributed by atoms with Gasteiger partial charge in [0.2, 0.25) is 0 Å². The molecule has 0 atom stereocenters. The summed E-state index contributed by atoms with van der Waals surface area (Å²) in [5.74, 6) is -0.364. The Labute approximate surface area is 204 Å². The van der Waals surface area contributed by atoms with Crippen molar-refractivity contribution in [2.45, 2.75) is 117 Å². The molecule has 0 N–H and O–H groups in total. The van der Waals surface area contributed by atoms with Gasteiger partial charge in [-0.1, -0.05) is 84.5 Å². The van der Waals surface area contributed by atoms with Crippen molar-refractivity contribution in [3.63, 3.8) is 0 Å². The summed E-state index contributed by atoms with van der Waals surface area (Å²) in [7, 11) is 1.79. The fraction of sp³-hybridized carbons (Fsp3) is 0.926. The van der Waals surface area contributed by atoms with Gasteiger partial charge in [0.15, 0.2) is 0 Å². The molecule has 6 heteroatoms. The van der Waals surface area contributed by atoms with Crippen LogP contribution in [0.3, 0.4) is 0 Å². The summed E-state index contributed by atoms with van der Waals surface area (Å²) in [4.78, 5) is 21.7. The second-order valence-electron chi connectivity index (χ2n) is 8.53. The molecule has 0 aliphatic rings. The number of hydrogen-bond acceptors (Lipinski definition) is 6. The number of ether oxygens (including phenoxy) is 4. The van der Waals surface area contributed by atoms with Crippen LogP contribution in [0.25, 0.3) is 0 Å². The van der Waals surface area contributed by atoms with E-state index in [1.54, 1.807) is 7.11 Å². The van der Waals surface area contributed by atoms with Gasteiger partial charge in [0.25, 0.3) is 0 Å². The van der Waals surface area contributed by atoms with E-state index in [9.17, 15) is 9.59 Å². The molecule has 0 aromatic heterocycles. The van der Waals surface area contributed by atoms with Crippen molar-refractivity contribution >= 4 is 11.8 Å². The highest BCUT2D eigenvalue weighted by Crippen LogP contribution is 2.11. The Morgan fingerprint density at radius 3 is 1.52 bits per heavy atom. The van der Waals surface area contributed by atoms with Crippen LogP contribution in [0.15, 0.2) is 0 Å². The van der Waals surface area contributed by atoms with E-state index >= 15 is 0 Å². The normalized spacial score (nSPS) is 10.5. The zero-order valence-corrected chi connectivity index (χ0v) is 22.3. The first-order valence-electron chi connectivity index (χ1n) is 13.4. The minimum Gasteiger partial charge on any atom is -0.463 e. The molecule has 0 rings (SSSR count). The number of Topliss-reactive ketones (excluding diaryl/α,β-unsaturated/α-hetero) is 1. The maximum Gasteiger partial charge on any atom is 0.306 e. The van der Waals surface area contributed by atoms with E-state index in [1.807, 2.05) is 6.92 Å². The summed E-state index contributed by atoms with van der Waals surface area (Å²) in [5, 5.41) is 0. The van der Waals surface area contributed by atoms with E-state index in [1.165, 1.54) is 84.0 Å². The molecule has 6 nitrogen and oxygen atoms in total. The van der Waals surface area contributed by atoms with Crippen molar-refractivity contribution in [3.05, 3.63) is 0 Å². The molecular weight excluding hydrogens is 420 g/mol. The van der Waals surface area contributed by atoms with Crippen LogP contribution in [0.4, 0.5) is 0 Å². The summed E-state index contributed by atoms with van der Waals surface area (Å²) in [6, 6.07) is 0. The summed E-state index contributed by atoms with van der Waals surface area (Å²) in [6.07, 6.45) is 18.3. The molecule has 0 aliphatic carbocycles. The average molecular weight is 475 g/mol. The fourth-order valence-electron chi connectivity index (χ4n) is 3.12. The zero-order valence-electron chi connectivity index (χ0n) is 22.3. The monoisotopic (exact) mass is 474 g/mol. The Hall–Kier alpha value is -0.980. The predicted octanol–water partition coefficient (Wildman–Crippen LogP) is 6.68. The molecule has 0 bridgehead atoms. The van der Waals surface area contributed by atoms with Crippen LogP contribution in [0.1, 0.15) is 117 Å². The van der Waals surface area contributed by atoms with Gasteiger partial charge in [0.05, 0.1) is 26.2 Å². The van der Waals surface area contributed by atoms with E-state index in [0.29, 0.717) is 19.8 Å². The summed E-state index contributed by atoms with van der Waals surface area (Å²) in [5.41, 5.74) is 0. The predicted molar refractivity (Wildman–Crippen MR) is 136 cm³/mol. The third-order valence-corrected chi connectivity index (χ3v) is 5.09. The number of carbonyl (C=O) groups excluding carboxylic acids is 2. The van der Waals surface area contributed by atoms with Gasteiger partial charge >= 0.3 is 5.97 Å².